The van der Waals surface area contributed by atoms with Gasteiger partial charge in [0, 0.05) is 26.2 Å². The lowest BCUT2D eigenvalue weighted by Crippen LogP contribution is -2.49. The molecule has 1 saturated heterocycles. The second-order valence-electron chi connectivity index (χ2n) is 5.03. The average Bonchev–Trinajstić information content (AvgIpc) is 3.08. The number of carbonyl (C=O) groups excluding carboxylic acids is 1. The third kappa shape index (κ3) is 3.27. The molecule has 3 rings (SSSR count). The Morgan fingerprint density at radius 2 is 1.83 bits per heavy atom. The fourth-order valence-electron chi connectivity index (χ4n) is 2.34. The van der Waals surface area contributed by atoms with Crippen LogP contribution < -0.4 is 4.90 Å². The van der Waals surface area contributed by atoms with Crippen molar-refractivity contribution in [1.82, 2.24) is 15.1 Å². The van der Waals surface area contributed by atoms with Crippen molar-refractivity contribution in [2.75, 3.05) is 31.1 Å². The van der Waals surface area contributed by atoms with Gasteiger partial charge in [-0.3, -0.25) is 4.79 Å². The molecule has 0 aromatic carbocycles. The van der Waals surface area contributed by atoms with Crippen LogP contribution >= 0.6 is 0 Å². The molecule has 122 valence electrons. The van der Waals surface area contributed by atoms with E-state index in [1.807, 2.05) is 0 Å². The van der Waals surface area contributed by atoms with Crippen molar-refractivity contribution in [3.05, 3.63) is 42.0 Å². The molecule has 1 amide bonds. The molecular weight excluding hydrogens is 313 g/mol. The molecule has 0 unspecified atom stereocenters. The Morgan fingerprint density at radius 3 is 2.35 bits per heavy atom. The zero-order valence-electron chi connectivity index (χ0n) is 12.0. The Kier molecular flexibility index (Phi) is 3.93. The van der Waals surface area contributed by atoms with E-state index in [1.54, 1.807) is 21.9 Å². The normalized spacial score (nSPS) is 15.8. The van der Waals surface area contributed by atoms with E-state index in [0.717, 1.165) is 6.07 Å². The van der Waals surface area contributed by atoms with E-state index in [2.05, 4.69) is 10.2 Å². The summed E-state index contributed by atoms with van der Waals surface area (Å²) in [6.45, 7) is 1.80. The second-order valence-corrected chi connectivity index (χ2v) is 5.03. The summed E-state index contributed by atoms with van der Waals surface area (Å²) in [5.41, 5.74) is -1.02. The van der Waals surface area contributed by atoms with Gasteiger partial charge in [0.2, 0.25) is 0 Å². The molecule has 0 radical (unpaired) electrons. The third-order valence-corrected chi connectivity index (χ3v) is 3.56. The first kappa shape index (κ1) is 15.3. The highest BCUT2D eigenvalue weighted by molar-refractivity contribution is 5.91. The monoisotopic (exact) mass is 326 g/mol. The van der Waals surface area contributed by atoms with Crippen molar-refractivity contribution in [1.29, 1.82) is 0 Å². The number of anilines is 1. The van der Waals surface area contributed by atoms with Crippen LogP contribution in [0.25, 0.3) is 0 Å². The fraction of sp³-hybridized carbons (Fsp3) is 0.357. The molecule has 1 aliphatic heterocycles. The molecule has 0 spiro atoms. The smallest absolute Gasteiger partial charge is 0.435 e. The van der Waals surface area contributed by atoms with E-state index in [-0.39, 0.29) is 11.7 Å². The predicted molar refractivity (Wildman–Crippen MR) is 73.9 cm³/mol. The van der Waals surface area contributed by atoms with E-state index in [4.69, 9.17) is 4.42 Å². The number of aromatic nitrogens is 2. The van der Waals surface area contributed by atoms with Crippen molar-refractivity contribution in [3.63, 3.8) is 0 Å². The van der Waals surface area contributed by atoms with Crippen LogP contribution in [-0.4, -0.2) is 47.2 Å². The molecular formula is C14H13F3N4O2. The van der Waals surface area contributed by atoms with E-state index < -0.39 is 11.9 Å². The molecule has 0 bridgehead atoms. The highest BCUT2D eigenvalue weighted by atomic mass is 19.4. The van der Waals surface area contributed by atoms with Crippen LogP contribution in [0, 0.1) is 0 Å². The van der Waals surface area contributed by atoms with Crippen molar-refractivity contribution >= 4 is 11.7 Å². The topological polar surface area (TPSA) is 62.5 Å². The van der Waals surface area contributed by atoms with Gasteiger partial charge >= 0.3 is 6.18 Å². The van der Waals surface area contributed by atoms with E-state index in [0.29, 0.717) is 32.0 Å². The van der Waals surface area contributed by atoms with Gasteiger partial charge in [-0.25, -0.2) is 0 Å². The maximum atomic E-state index is 12.5. The SMILES string of the molecule is O=C(c1ccco1)N1CCN(c2ccc(C(F)(F)F)nn2)CC1. The fourth-order valence-corrected chi connectivity index (χ4v) is 2.34. The lowest BCUT2D eigenvalue weighted by molar-refractivity contribution is -0.141. The summed E-state index contributed by atoms with van der Waals surface area (Å²) in [4.78, 5) is 15.5. The molecule has 0 atom stereocenters. The van der Waals surface area contributed by atoms with Crippen LogP contribution in [0.5, 0.6) is 0 Å². The largest absolute Gasteiger partial charge is 0.459 e. The van der Waals surface area contributed by atoms with Gasteiger partial charge in [0.25, 0.3) is 5.91 Å². The molecule has 0 saturated carbocycles. The van der Waals surface area contributed by atoms with Crippen LogP contribution in [0.2, 0.25) is 0 Å². The summed E-state index contributed by atoms with van der Waals surface area (Å²) in [5, 5.41) is 6.83. The Bertz CT molecular complexity index is 662. The molecule has 0 aliphatic carbocycles. The van der Waals surface area contributed by atoms with Crippen molar-refractivity contribution in [3.8, 4) is 0 Å². The number of piperazine rings is 1. The number of rotatable bonds is 2. The number of alkyl halides is 3. The minimum absolute atomic E-state index is 0.201. The highest BCUT2D eigenvalue weighted by Gasteiger charge is 2.33. The summed E-state index contributed by atoms with van der Waals surface area (Å²) in [7, 11) is 0. The number of amides is 1. The van der Waals surface area contributed by atoms with Gasteiger partial charge in [-0.1, -0.05) is 0 Å². The Labute approximate surface area is 129 Å². The molecule has 1 fully saturated rings. The Hall–Kier alpha value is -2.58. The Balaban J connectivity index is 1.62. The summed E-state index contributed by atoms with van der Waals surface area (Å²) < 4.78 is 42.5. The van der Waals surface area contributed by atoms with Gasteiger partial charge in [0.15, 0.2) is 17.3 Å². The quantitative estimate of drug-likeness (QED) is 0.845. The third-order valence-electron chi connectivity index (χ3n) is 3.56. The van der Waals surface area contributed by atoms with Gasteiger partial charge in [-0.2, -0.15) is 13.2 Å². The van der Waals surface area contributed by atoms with Crippen LogP contribution in [0.4, 0.5) is 19.0 Å². The van der Waals surface area contributed by atoms with Crippen LogP contribution in [0.15, 0.2) is 34.9 Å². The summed E-state index contributed by atoms with van der Waals surface area (Å²) in [6, 6.07) is 5.43. The standard InChI is InChI=1S/C14H13F3N4O2/c15-14(16,17)11-3-4-12(19-18-11)20-5-7-21(8-6-20)13(22)10-2-1-9-23-10/h1-4,9H,5-8H2. The molecule has 2 aromatic heterocycles. The summed E-state index contributed by atoms with van der Waals surface area (Å²) >= 11 is 0. The lowest BCUT2D eigenvalue weighted by atomic mass is 10.2. The van der Waals surface area contributed by atoms with Gasteiger partial charge in [-0.05, 0) is 24.3 Å². The maximum absolute atomic E-state index is 12.5. The first-order chi connectivity index (χ1) is 10.9. The predicted octanol–water partition coefficient (Wildman–Crippen LogP) is 2.05. The van der Waals surface area contributed by atoms with Gasteiger partial charge in [0.05, 0.1) is 6.26 Å². The number of furan rings is 1. The highest BCUT2D eigenvalue weighted by Crippen LogP contribution is 2.27. The molecule has 1 aliphatic rings. The molecule has 0 N–H and O–H groups in total. The van der Waals surface area contributed by atoms with Crippen molar-refractivity contribution < 1.29 is 22.4 Å². The lowest BCUT2D eigenvalue weighted by Gasteiger charge is -2.34. The van der Waals surface area contributed by atoms with E-state index in [9.17, 15) is 18.0 Å². The maximum Gasteiger partial charge on any atom is 0.435 e. The Morgan fingerprint density at radius 1 is 1.09 bits per heavy atom. The number of carbonyl (C=O) groups is 1. The molecule has 9 heteroatoms. The summed E-state index contributed by atoms with van der Waals surface area (Å²) in [5.74, 6) is 0.434. The number of hydrogen-bond donors (Lipinski definition) is 0. The average molecular weight is 326 g/mol. The molecule has 23 heavy (non-hydrogen) atoms. The zero-order chi connectivity index (χ0) is 16.4. The minimum Gasteiger partial charge on any atom is -0.459 e. The van der Waals surface area contributed by atoms with Crippen LogP contribution in [0.3, 0.4) is 0 Å². The number of nitrogens with zero attached hydrogens (tertiary/aromatic N) is 4. The van der Waals surface area contributed by atoms with Gasteiger partial charge in [0.1, 0.15) is 0 Å². The first-order valence-electron chi connectivity index (χ1n) is 6.94. The summed E-state index contributed by atoms with van der Waals surface area (Å²) in [6.07, 6.45) is -3.07. The van der Waals surface area contributed by atoms with Gasteiger partial charge < -0.3 is 14.2 Å². The van der Waals surface area contributed by atoms with Crippen molar-refractivity contribution in [2.24, 2.45) is 0 Å². The number of halogens is 3. The van der Waals surface area contributed by atoms with Crippen molar-refractivity contribution in [2.45, 2.75) is 6.18 Å². The van der Waals surface area contributed by atoms with E-state index >= 15 is 0 Å². The van der Waals surface area contributed by atoms with E-state index in [1.165, 1.54) is 12.3 Å². The van der Waals surface area contributed by atoms with Gasteiger partial charge in [-0.15, -0.1) is 10.2 Å². The second kappa shape index (κ2) is 5.90. The van der Waals surface area contributed by atoms with Crippen LogP contribution in [-0.2, 0) is 6.18 Å². The molecule has 6 nitrogen and oxygen atoms in total. The molecule has 2 aromatic rings. The number of hydrogen-bond acceptors (Lipinski definition) is 5. The van der Waals surface area contributed by atoms with Crippen LogP contribution in [0.1, 0.15) is 16.2 Å². The zero-order valence-corrected chi connectivity index (χ0v) is 12.0. The first-order valence-corrected chi connectivity index (χ1v) is 6.94. The molecule has 3 heterocycles. The minimum atomic E-state index is -4.50.